The van der Waals surface area contributed by atoms with Crippen molar-refractivity contribution in [3.8, 4) is 0 Å². The van der Waals surface area contributed by atoms with Crippen molar-refractivity contribution in [3.63, 3.8) is 0 Å². The second-order valence-electron chi connectivity index (χ2n) is 5.99. The van der Waals surface area contributed by atoms with Crippen molar-refractivity contribution in [3.05, 3.63) is 54.0 Å². The number of hydrogen-bond donors (Lipinski definition) is 1. The molecule has 0 saturated heterocycles. The van der Waals surface area contributed by atoms with Gasteiger partial charge >= 0.3 is 5.97 Å². The summed E-state index contributed by atoms with van der Waals surface area (Å²) in [5, 5.41) is 3.57. The number of furan rings is 1. The zero-order valence-electron chi connectivity index (χ0n) is 12.8. The molecule has 0 bridgehead atoms. The number of benzene rings is 1. The molecule has 23 heavy (non-hydrogen) atoms. The third kappa shape index (κ3) is 2.32. The molecule has 5 nitrogen and oxygen atoms in total. The highest BCUT2D eigenvalue weighted by Gasteiger charge is 2.46. The fourth-order valence-corrected chi connectivity index (χ4v) is 3.70. The van der Waals surface area contributed by atoms with Crippen molar-refractivity contribution < 1.29 is 13.9 Å². The molecule has 5 heteroatoms. The first-order chi connectivity index (χ1) is 11.3. The van der Waals surface area contributed by atoms with Crippen LogP contribution in [0.25, 0.3) is 0 Å². The van der Waals surface area contributed by atoms with Gasteiger partial charge in [0.15, 0.2) is 0 Å². The zero-order chi connectivity index (χ0) is 15.8. The van der Waals surface area contributed by atoms with Gasteiger partial charge < -0.3 is 14.5 Å². The topological polar surface area (TPSA) is 63.8 Å². The van der Waals surface area contributed by atoms with Crippen molar-refractivity contribution in [2.75, 3.05) is 12.4 Å². The van der Waals surface area contributed by atoms with Gasteiger partial charge in [-0.2, -0.15) is 0 Å². The molecule has 0 saturated carbocycles. The van der Waals surface area contributed by atoms with Crippen molar-refractivity contribution in [2.45, 2.75) is 18.5 Å². The Hall–Kier alpha value is -2.56. The molecule has 1 aromatic carbocycles. The van der Waals surface area contributed by atoms with Crippen molar-refractivity contribution >= 4 is 17.9 Å². The molecule has 0 amide bonds. The van der Waals surface area contributed by atoms with E-state index in [4.69, 9.17) is 14.1 Å². The highest BCUT2D eigenvalue weighted by atomic mass is 16.5. The summed E-state index contributed by atoms with van der Waals surface area (Å²) in [6.07, 6.45) is 3.92. The third-order valence-corrected chi connectivity index (χ3v) is 4.75. The molecular formula is C18H18N2O3. The van der Waals surface area contributed by atoms with Crippen LogP contribution in [0.4, 0.5) is 5.69 Å². The lowest BCUT2D eigenvalue weighted by molar-refractivity contribution is -0.141. The van der Waals surface area contributed by atoms with Crippen LogP contribution in [0.1, 0.15) is 29.8 Å². The van der Waals surface area contributed by atoms with E-state index in [0.717, 1.165) is 11.4 Å². The average molecular weight is 310 g/mol. The number of ether oxygens (including phenoxy) is 1. The lowest BCUT2D eigenvalue weighted by atomic mass is 9.75. The smallest absolute Gasteiger partial charge is 0.306 e. The van der Waals surface area contributed by atoms with Gasteiger partial charge in [0.1, 0.15) is 5.76 Å². The summed E-state index contributed by atoms with van der Waals surface area (Å²) < 4.78 is 10.5. The predicted octanol–water partition coefficient (Wildman–Crippen LogP) is 3.37. The number of esters is 1. The number of anilines is 1. The lowest BCUT2D eigenvalue weighted by Gasteiger charge is -2.37. The quantitative estimate of drug-likeness (QED) is 0.883. The molecule has 0 fully saturated rings. The Labute approximate surface area is 134 Å². The number of para-hydroxylation sites is 1. The normalized spacial score (nSPS) is 27.9. The highest BCUT2D eigenvalue weighted by molar-refractivity contribution is 5.77. The molecule has 2 aliphatic heterocycles. The van der Waals surface area contributed by atoms with E-state index in [1.54, 1.807) is 6.26 Å². The number of carbonyl (C=O) groups is 1. The van der Waals surface area contributed by atoms with Gasteiger partial charge in [0.25, 0.3) is 0 Å². The minimum Gasteiger partial charge on any atom is -0.469 e. The molecule has 118 valence electrons. The number of carbonyl (C=O) groups excluding carboxylic acids is 1. The first-order valence-corrected chi connectivity index (χ1v) is 7.77. The van der Waals surface area contributed by atoms with E-state index >= 15 is 0 Å². The maximum atomic E-state index is 11.8. The first-order valence-electron chi connectivity index (χ1n) is 7.77. The maximum absolute atomic E-state index is 11.8. The number of aliphatic imine (C=N–C) groups is 1. The van der Waals surface area contributed by atoms with Crippen LogP contribution in [0.3, 0.4) is 0 Å². The molecule has 4 atom stereocenters. The minimum absolute atomic E-state index is 0.0120. The monoisotopic (exact) mass is 310 g/mol. The van der Waals surface area contributed by atoms with Crippen LogP contribution < -0.4 is 5.32 Å². The summed E-state index contributed by atoms with van der Waals surface area (Å²) >= 11 is 0. The molecule has 3 heterocycles. The van der Waals surface area contributed by atoms with Gasteiger partial charge in [0.2, 0.25) is 0 Å². The third-order valence-electron chi connectivity index (χ3n) is 4.75. The zero-order valence-corrected chi connectivity index (χ0v) is 12.8. The summed E-state index contributed by atoms with van der Waals surface area (Å²) in [6.45, 7) is 0. The fraction of sp³-hybridized carbons (Fsp3) is 0.333. The number of nitrogens with one attached hydrogen (secondary N) is 1. The molecule has 0 aliphatic carbocycles. The molecule has 1 aromatic heterocycles. The van der Waals surface area contributed by atoms with E-state index in [1.807, 2.05) is 30.5 Å². The van der Waals surface area contributed by atoms with Crippen molar-refractivity contribution in [1.82, 2.24) is 0 Å². The Morgan fingerprint density at radius 1 is 1.30 bits per heavy atom. The molecule has 0 spiro atoms. The number of fused-ring (bicyclic) bond motifs is 3. The second-order valence-corrected chi connectivity index (χ2v) is 5.99. The molecule has 2 aliphatic rings. The van der Waals surface area contributed by atoms with Gasteiger partial charge in [-0.05, 0) is 18.2 Å². The Kier molecular flexibility index (Phi) is 3.41. The van der Waals surface area contributed by atoms with Gasteiger partial charge in [-0.1, -0.05) is 18.2 Å². The number of hydrogen-bond acceptors (Lipinski definition) is 5. The van der Waals surface area contributed by atoms with E-state index in [-0.39, 0.29) is 29.9 Å². The van der Waals surface area contributed by atoms with Crippen LogP contribution >= 0.6 is 0 Å². The Bertz CT molecular complexity index is 738. The Morgan fingerprint density at radius 3 is 2.96 bits per heavy atom. The van der Waals surface area contributed by atoms with Gasteiger partial charge in [0.05, 0.1) is 31.9 Å². The molecular weight excluding hydrogens is 292 g/mol. The SMILES string of the molecule is COC(=O)C[C@@H]1C=N[C@H]2c3ccccc3N[C@@H](c3ccco3)[C@@H]12. The van der Waals surface area contributed by atoms with Gasteiger partial charge in [0, 0.05) is 29.3 Å². The van der Waals surface area contributed by atoms with Crippen molar-refractivity contribution in [2.24, 2.45) is 16.8 Å². The number of methoxy groups -OCH3 is 1. The standard InChI is InChI=1S/C18H18N2O3/c1-22-15(21)9-11-10-19-17-12-5-2-3-6-13(12)20-18(16(11)17)14-7-4-8-23-14/h2-8,10-11,16-18,20H,9H2,1H3/t11-,16+,17+,18+/m1/s1. The van der Waals surface area contributed by atoms with E-state index in [0.29, 0.717) is 6.42 Å². The minimum atomic E-state index is -0.209. The van der Waals surface area contributed by atoms with Gasteiger partial charge in [-0.25, -0.2) is 0 Å². The molecule has 0 unspecified atom stereocenters. The van der Waals surface area contributed by atoms with Crippen LogP contribution in [0.5, 0.6) is 0 Å². The Morgan fingerprint density at radius 2 is 2.17 bits per heavy atom. The van der Waals surface area contributed by atoms with E-state index in [9.17, 15) is 4.79 Å². The molecule has 1 N–H and O–H groups in total. The maximum Gasteiger partial charge on any atom is 0.306 e. The number of nitrogens with zero attached hydrogens (tertiary/aromatic N) is 1. The average Bonchev–Trinajstić information content (AvgIpc) is 3.24. The molecule has 0 radical (unpaired) electrons. The largest absolute Gasteiger partial charge is 0.469 e. The van der Waals surface area contributed by atoms with Crippen LogP contribution in [-0.2, 0) is 9.53 Å². The summed E-state index contributed by atoms with van der Waals surface area (Å²) in [5.41, 5.74) is 2.25. The summed E-state index contributed by atoms with van der Waals surface area (Å²) in [4.78, 5) is 16.5. The summed E-state index contributed by atoms with van der Waals surface area (Å²) in [5.74, 6) is 0.826. The van der Waals surface area contributed by atoms with Crippen LogP contribution in [0.2, 0.25) is 0 Å². The number of rotatable bonds is 3. The van der Waals surface area contributed by atoms with Crippen LogP contribution in [-0.4, -0.2) is 19.3 Å². The summed E-state index contributed by atoms with van der Waals surface area (Å²) in [7, 11) is 1.42. The predicted molar refractivity (Wildman–Crippen MR) is 86.4 cm³/mol. The molecule has 4 rings (SSSR count). The Balaban J connectivity index is 1.74. The van der Waals surface area contributed by atoms with Gasteiger partial charge in [-0.3, -0.25) is 9.79 Å². The molecule has 2 aromatic rings. The first kappa shape index (κ1) is 14.1. The van der Waals surface area contributed by atoms with Crippen LogP contribution in [0, 0.1) is 11.8 Å². The van der Waals surface area contributed by atoms with E-state index < -0.39 is 0 Å². The summed E-state index contributed by atoms with van der Waals surface area (Å²) in [6, 6.07) is 12.1. The van der Waals surface area contributed by atoms with Gasteiger partial charge in [-0.15, -0.1) is 0 Å². The fourth-order valence-electron chi connectivity index (χ4n) is 3.70. The second kappa shape index (κ2) is 5.57. The van der Waals surface area contributed by atoms with Crippen molar-refractivity contribution in [1.29, 1.82) is 0 Å². The van der Waals surface area contributed by atoms with E-state index in [2.05, 4.69) is 17.4 Å². The van der Waals surface area contributed by atoms with E-state index in [1.165, 1.54) is 12.7 Å². The van der Waals surface area contributed by atoms with Crippen LogP contribution in [0.15, 0.2) is 52.1 Å². The highest BCUT2D eigenvalue weighted by Crippen LogP contribution is 2.51. The lowest BCUT2D eigenvalue weighted by Crippen LogP contribution is -2.34.